The van der Waals surface area contributed by atoms with Crippen LogP contribution in [-0.4, -0.2) is 27.1 Å². The van der Waals surface area contributed by atoms with Crippen LogP contribution in [0.25, 0.3) is 0 Å². The Morgan fingerprint density at radius 2 is 1.40 bits per heavy atom. The van der Waals surface area contributed by atoms with Crippen LogP contribution in [0.2, 0.25) is 5.02 Å². The van der Waals surface area contributed by atoms with Gasteiger partial charge in [-0.05, 0) is 47.6 Å². The van der Waals surface area contributed by atoms with E-state index in [1.54, 1.807) is 24.3 Å². The average molecular weight is 585 g/mol. The highest BCUT2D eigenvalue weighted by molar-refractivity contribution is 7.87. The van der Waals surface area contributed by atoms with Crippen molar-refractivity contribution >= 4 is 33.3 Å². The summed E-state index contributed by atoms with van der Waals surface area (Å²) < 4.78 is 43.4. The molecule has 2 aromatic rings. The number of Topliss-reactive ketones (excluding diaryl/α,β-unsaturated/α-hetero) is 2. The molecular weight excluding hydrogens is 552 g/mol. The number of carbonyl (C=O) groups excluding carboxylic acids is 2. The van der Waals surface area contributed by atoms with E-state index in [-0.39, 0.29) is 43.8 Å². The molecule has 9 heteroatoms. The molecule has 212 valence electrons. The molecule has 0 amide bonds. The van der Waals surface area contributed by atoms with Crippen LogP contribution in [-0.2, 0) is 24.4 Å². The van der Waals surface area contributed by atoms with Crippen LogP contribution in [0.5, 0.6) is 11.5 Å². The van der Waals surface area contributed by atoms with Gasteiger partial charge in [-0.2, -0.15) is 8.42 Å². The molecule has 1 heterocycles. The van der Waals surface area contributed by atoms with Gasteiger partial charge in [-0.15, -0.1) is 0 Å². The third kappa shape index (κ3) is 5.19. The zero-order chi connectivity index (χ0) is 29.2. The highest BCUT2D eigenvalue weighted by Crippen LogP contribution is 2.54. The number of carbonyl (C=O) groups is 2. The van der Waals surface area contributed by atoms with Gasteiger partial charge in [0.2, 0.25) is 5.75 Å². The maximum Gasteiger partial charge on any atom is 0.339 e. The molecule has 0 fully saturated rings. The Morgan fingerprint density at radius 3 is 1.90 bits per heavy atom. The first kappa shape index (κ1) is 28.4. The third-order valence-corrected chi connectivity index (χ3v) is 9.19. The summed E-state index contributed by atoms with van der Waals surface area (Å²) in [5, 5.41) is -0.0204. The molecule has 0 atom stereocenters. The summed E-state index contributed by atoms with van der Waals surface area (Å²) in [5.41, 5.74) is 1.76. The molecule has 0 saturated carbocycles. The first-order chi connectivity index (χ1) is 18.6. The second kappa shape index (κ2) is 9.77. The molecule has 2 aliphatic carbocycles. The lowest BCUT2D eigenvalue weighted by molar-refractivity contribution is -0.120. The van der Waals surface area contributed by atoms with Gasteiger partial charge in [-0.25, -0.2) is 0 Å². The van der Waals surface area contributed by atoms with Crippen LogP contribution < -0.4 is 8.92 Å². The lowest BCUT2D eigenvalue weighted by Crippen LogP contribution is -2.37. The number of methoxy groups -OCH3 is 1. The van der Waals surface area contributed by atoms with E-state index in [4.69, 9.17) is 25.3 Å². The SMILES string of the molecule is COc1cc(C2C3=C(CC(C)(C)CC3=O)OC3=C2C(=O)CC(C)(C)C3)cc(Cl)c1OS(=O)(=O)c1ccc(C)cc1. The lowest BCUT2D eigenvalue weighted by atomic mass is 9.65. The van der Waals surface area contributed by atoms with Crippen LogP contribution in [0.15, 0.2) is 64.0 Å². The van der Waals surface area contributed by atoms with Crippen molar-refractivity contribution in [2.24, 2.45) is 10.8 Å². The van der Waals surface area contributed by atoms with Gasteiger partial charge in [0.1, 0.15) is 16.4 Å². The largest absolute Gasteiger partial charge is 0.493 e. The molecule has 7 nitrogen and oxygen atoms in total. The van der Waals surface area contributed by atoms with Crippen molar-refractivity contribution in [3.05, 3.63) is 75.2 Å². The number of ether oxygens (including phenoxy) is 2. The van der Waals surface area contributed by atoms with Gasteiger partial charge in [-0.1, -0.05) is 57.0 Å². The molecule has 40 heavy (non-hydrogen) atoms. The molecular formula is C31H33ClO7S. The standard InChI is InChI=1S/C31H33ClO7S/c1-17-7-9-19(10-8-17)40(35,36)39-29-20(32)11-18(12-23(29)37-6)26-27-21(33)13-30(2,3)15-24(27)38-25-16-31(4,5)14-22(34)28(25)26/h7-12,26H,13-16H2,1-6H3. The Hall–Kier alpha value is -3.10. The molecule has 0 unspecified atom stereocenters. The fourth-order valence-corrected chi connectivity index (χ4v) is 7.12. The molecule has 5 rings (SSSR count). The summed E-state index contributed by atoms with van der Waals surface area (Å²) in [4.78, 5) is 27.1. The lowest BCUT2D eigenvalue weighted by Gasteiger charge is -2.42. The Bertz CT molecular complexity index is 1540. The van der Waals surface area contributed by atoms with Crippen LogP contribution in [0.1, 0.15) is 70.4 Å². The van der Waals surface area contributed by atoms with Gasteiger partial charge in [0.15, 0.2) is 17.3 Å². The first-order valence-corrected chi connectivity index (χ1v) is 15.0. The van der Waals surface area contributed by atoms with Gasteiger partial charge < -0.3 is 13.7 Å². The zero-order valence-corrected chi connectivity index (χ0v) is 25.1. The van der Waals surface area contributed by atoms with Crippen molar-refractivity contribution in [2.45, 2.75) is 71.1 Å². The minimum absolute atomic E-state index is 0.0204. The van der Waals surface area contributed by atoms with Crippen molar-refractivity contribution in [1.82, 2.24) is 0 Å². The predicted octanol–water partition coefficient (Wildman–Crippen LogP) is 6.82. The van der Waals surface area contributed by atoms with Crippen molar-refractivity contribution < 1.29 is 31.7 Å². The molecule has 3 aliphatic rings. The zero-order valence-electron chi connectivity index (χ0n) is 23.5. The monoisotopic (exact) mass is 584 g/mol. The Labute approximate surface area is 240 Å². The van der Waals surface area contributed by atoms with Gasteiger partial charge in [-0.3, -0.25) is 9.59 Å². The molecule has 0 bridgehead atoms. The van der Waals surface area contributed by atoms with E-state index in [0.717, 1.165) is 5.56 Å². The van der Waals surface area contributed by atoms with E-state index in [0.29, 0.717) is 53.9 Å². The van der Waals surface area contributed by atoms with Gasteiger partial charge in [0.25, 0.3) is 0 Å². The van der Waals surface area contributed by atoms with Crippen molar-refractivity contribution in [3.8, 4) is 11.5 Å². The minimum Gasteiger partial charge on any atom is -0.493 e. The Morgan fingerprint density at radius 1 is 0.875 bits per heavy atom. The van der Waals surface area contributed by atoms with E-state index < -0.39 is 16.0 Å². The van der Waals surface area contributed by atoms with Crippen molar-refractivity contribution in [2.75, 3.05) is 7.11 Å². The van der Waals surface area contributed by atoms with Crippen LogP contribution in [0.4, 0.5) is 0 Å². The first-order valence-electron chi connectivity index (χ1n) is 13.2. The van der Waals surface area contributed by atoms with E-state index >= 15 is 0 Å². The van der Waals surface area contributed by atoms with Gasteiger partial charge in [0, 0.05) is 42.7 Å². The molecule has 0 N–H and O–H groups in total. The quantitative estimate of drug-likeness (QED) is 0.356. The summed E-state index contributed by atoms with van der Waals surface area (Å²) in [6.45, 7) is 9.94. The van der Waals surface area contributed by atoms with E-state index in [1.807, 2.05) is 34.6 Å². The number of allylic oxidation sites excluding steroid dienone is 4. The number of benzene rings is 2. The fourth-order valence-electron chi connectivity index (χ4n) is 5.86. The van der Waals surface area contributed by atoms with Crippen LogP contribution >= 0.6 is 11.6 Å². The van der Waals surface area contributed by atoms with Crippen LogP contribution in [0, 0.1) is 17.8 Å². The van der Waals surface area contributed by atoms with E-state index in [1.165, 1.54) is 19.2 Å². The second-order valence-corrected chi connectivity index (χ2v) is 14.4. The fraction of sp³-hybridized carbons (Fsp3) is 0.419. The van der Waals surface area contributed by atoms with Crippen molar-refractivity contribution in [3.63, 3.8) is 0 Å². The summed E-state index contributed by atoms with van der Waals surface area (Å²) in [6, 6.07) is 9.40. The Balaban J connectivity index is 1.64. The minimum atomic E-state index is -4.22. The maximum absolute atomic E-state index is 13.6. The van der Waals surface area contributed by atoms with Gasteiger partial charge in [0.05, 0.1) is 12.1 Å². The summed E-state index contributed by atoms with van der Waals surface area (Å²) in [5.74, 6) is 0.175. The van der Waals surface area contributed by atoms with Crippen molar-refractivity contribution in [1.29, 1.82) is 0 Å². The van der Waals surface area contributed by atoms with E-state index in [2.05, 4.69) is 0 Å². The Kier molecular flexibility index (Phi) is 6.94. The predicted molar refractivity (Wildman–Crippen MR) is 151 cm³/mol. The summed E-state index contributed by atoms with van der Waals surface area (Å²) >= 11 is 6.66. The maximum atomic E-state index is 13.6. The smallest absolute Gasteiger partial charge is 0.339 e. The summed E-state index contributed by atoms with van der Waals surface area (Å²) in [6.07, 6.45) is 1.73. The molecule has 1 aliphatic heterocycles. The number of hydrogen-bond donors (Lipinski definition) is 0. The number of halogens is 1. The second-order valence-electron chi connectivity index (χ2n) is 12.5. The number of aryl methyl sites for hydroxylation is 1. The average Bonchev–Trinajstić information content (AvgIpc) is 2.82. The number of rotatable bonds is 5. The number of hydrogen-bond acceptors (Lipinski definition) is 7. The highest BCUT2D eigenvalue weighted by Gasteiger charge is 2.48. The molecule has 0 radical (unpaired) electrons. The highest BCUT2D eigenvalue weighted by atomic mass is 35.5. The molecule has 2 aromatic carbocycles. The topological polar surface area (TPSA) is 96.0 Å². The molecule has 0 saturated heterocycles. The van der Waals surface area contributed by atoms with E-state index in [9.17, 15) is 18.0 Å². The van der Waals surface area contributed by atoms with Crippen LogP contribution in [0.3, 0.4) is 0 Å². The normalized spacial score (nSPS) is 20.6. The number of ketones is 2. The summed E-state index contributed by atoms with van der Waals surface area (Å²) in [7, 11) is -2.84. The molecule has 0 aromatic heterocycles. The van der Waals surface area contributed by atoms with Gasteiger partial charge >= 0.3 is 10.1 Å². The third-order valence-electron chi connectivity index (χ3n) is 7.67. The molecule has 0 spiro atoms.